The van der Waals surface area contributed by atoms with Gasteiger partial charge in [0.1, 0.15) is 0 Å². The fourth-order valence-corrected chi connectivity index (χ4v) is 3.50. The van der Waals surface area contributed by atoms with Crippen LogP contribution in [-0.4, -0.2) is 11.8 Å². The molecular weight excluding hydrogens is 427 g/mol. The third kappa shape index (κ3) is 3.56. The molecule has 0 saturated heterocycles. The second-order valence-corrected chi connectivity index (χ2v) is 7.34. The summed E-state index contributed by atoms with van der Waals surface area (Å²) in [6, 6.07) is 22.0. The fourth-order valence-electron chi connectivity index (χ4n) is 3.05. The fraction of sp³-hybridized carbons (Fsp3) is 0.0909. The quantitative estimate of drug-likeness (QED) is 0.513. The Hall–Kier alpha value is -3.22. The molecule has 0 saturated carbocycles. The second kappa shape index (κ2) is 7.89. The first-order valence-corrected chi connectivity index (χ1v) is 9.85. The van der Waals surface area contributed by atoms with Crippen LogP contribution in [0.1, 0.15) is 34.8 Å². The number of benzene rings is 3. The molecule has 0 amide bonds. The van der Waals surface area contributed by atoms with Gasteiger partial charge in [0, 0.05) is 11.1 Å². The van der Waals surface area contributed by atoms with Crippen molar-refractivity contribution >= 4 is 35.0 Å². The van der Waals surface area contributed by atoms with E-state index in [9.17, 15) is 0 Å². The van der Waals surface area contributed by atoms with Crippen molar-refractivity contribution in [2.45, 2.75) is 12.6 Å². The molecule has 3 aromatic rings. The van der Waals surface area contributed by atoms with Crippen molar-refractivity contribution in [2.75, 3.05) is 0 Å². The van der Waals surface area contributed by atoms with Crippen LogP contribution in [0.5, 0.6) is 0 Å². The van der Waals surface area contributed by atoms with Crippen molar-refractivity contribution in [1.29, 1.82) is 0 Å². The van der Waals surface area contributed by atoms with E-state index in [4.69, 9.17) is 42.4 Å². The highest BCUT2D eigenvalue weighted by molar-refractivity contribution is 6.31. The van der Waals surface area contributed by atoms with E-state index in [2.05, 4.69) is 10.3 Å². The van der Waals surface area contributed by atoms with Crippen molar-refractivity contribution in [2.24, 2.45) is 10.3 Å². The molecule has 2 atom stereocenters. The zero-order valence-electron chi connectivity index (χ0n) is 15.4. The molecule has 2 heterocycles. The third-order valence-corrected chi connectivity index (χ3v) is 5.29. The summed E-state index contributed by atoms with van der Waals surface area (Å²) in [6.45, 7) is 0. The van der Waals surface area contributed by atoms with Crippen molar-refractivity contribution < 1.29 is 19.1 Å². The van der Waals surface area contributed by atoms with Crippen LogP contribution in [0.2, 0.25) is 10.0 Å². The summed E-state index contributed by atoms with van der Waals surface area (Å²) in [5.41, 5.74) is 2.92. The average molecular weight is 441 g/mol. The Morgan fingerprint density at radius 2 is 0.967 bits per heavy atom. The smallest absolute Gasteiger partial charge is 0.295 e. The molecule has 0 bridgehead atoms. The number of hydrogen-bond acceptors (Lipinski definition) is 6. The largest absolute Gasteiger partial charge is 0.428 e. The van der Waals surface area contributed by atoms with Crippen molar-refractivity contribution in [3.63, 3.8) is 0 Å². The lowest BCUT2D eigenvalue weighted by Gasteiger charge is -2.11. The van der Waals surface area contributed by atoms with Gasteiger partial charge in [-0.25, -0.2) is 0 Å². The Kier molecular flexibility index (Phi) is 4.94. The zero-order chi connectivity index (χ0) is 20.5. The molecule has 2 aliphatic heterocycles. The minimum Gasteiger partial charge on any atom is -0.428 e. The molecule has 30 heavy (non-hydrogen) atoms. The van der Waals surface area contributed by atoms with Crippen LogP contribution >= 0.6 is 23.2 Å². The highest BCUT2D eigenvalue weighted by Gasteiger charge is 2.28. The van der Waals surface area contributed by atoms with Crippen LogP contribution in [0, 0.1) is 0 Å². The maximum absolute atomic E-state index is 6.20. The van der Waals surface area contributed by atoms with Gasteiger partial charge in [-0.2, -0.15) is 0 Å². The first-order valence-electron chi connectivity index (χ1n) is 9.09. The second-order valence-electron chi connectivity index (χ2n) is 6.52. The van der Waals surface area contributed by atoms with E-state index in [0.717, 1.165) is 11.1 Å². The Balaban J connectivity index is 1.27. The summed E-state index contributed by atoms with van der Waals surface area (Å²) in [4.78, 5) is 10.8. The summed E-state index contributed by atoms with van der Waals surface area (Å²) in [5, 5.41) is 9.17. The maximum Gasteiger partial charge on any atom is 0.295 e. The topological polar surface area (TPSA) is 61.6 Å². The van der Waals surface area contributed by atoms with Gasteiger partial charge in [0.15, 0.2) is 0 Å². The lowest BCUT2D eigenvalue weighted by molar-refractivity contribution is -0.0500. The standard InChI is InChI=1S/C22H14Cl2N2O4/c23-17-7-3-1-5-15(17)21-27-19(25-29-21)13-9-11-14(12-10-13)20-26-30-22(28-20)16-6-2-4-8-18(16)24/h1-12,21-22H. The summed E-state index contributed by atoms with van der Waals surface area (Å²) in [5.74, 6) is 0.733. The zero-order valence-corrected chi connectivity index (χ0v) is 16.9. The van der Waals surface area contributed by atoms with Gasteiger partial charge >= 0.3 is 0 Å². The molecule has 0 N–H and O–H groups in total. The van der Waals surface area contributed by atoms with Crippen molar-refractivity contribution in [1.82, 2.24) is 0 Å². The molecule has 3 aromatic carbocycles. The highest BCUT2D eigenvalue weighted by atomic mass is 35.5. The van der Waals surface area contributed by atoms with Crippen molar-refractivity contribution in [3.05, 3.63) is 105 Å². The molecule has 8 heteroatoms. The molecule has 0 spiro atoms. The van der Waals surface area contributed by atoms with E-state index in [1.54, 1.807) is 12.1 Å². The SMILES string of the molecule is Clc1ccccc1C1ON=C(c2ccc(C3=NOC(c4ccccc4Cl)O3)cc2)O1. The summed E-state index contributed by atoms with van der Waals surface area (Å²) < 4.78 is 11.6. The van der Waals surface area contributed by atoms with Gasteiger partial charge in [0.05, 0.1) is 21.2 Å². The molecule has 2 unspecified atom stereocenters. The van der Waals surface area contributed by atoms with E-state index in [-0.39, 0.29) is 0 Å². The average Bonchev–Trinajstić information content (AvgIpc) is 3.45. The minimum atomic E-state index is -0.680. The molecule has 150 valence electrons. The lowest BCUT2D eigenvalue weighted by atomic mass is 10.1. The Morgan fingerprint density at radius 3 is 1.37 bits per heavy atom. The van der Waals surface area contributed by atoms with Gasteiger partial charge in [-0.05, 0) is 58.8 Å². The van der Waals surface area contributed by atoms with E-state index in [1.165, 1.54) is 0 Å². The molecule has 0 aliphatic carbocycles. The number of halogens is 2. The Labute approximate surface area is 182 Å². The molecule has 0 fully saturated rings. The molecule has 2 aliphatic rings. The monoisotopic (exact) mass is 440 g/mol. The third-order valence-electron chi connectivity index (χ3n) is 4.60. The molecule has 6 nitrogen and oxygen atoms in total. The van der Waals surface area contributed by atoms with Crippen LogP contribution in [0.25, 0.3) is 0 Å². The summed E-state index contributed by atoms with van der Waals surface area (Å²) in [6.07, 6.45) is -1.36. The maximum atomic E-state index is 6.20. The number of oxime groups is 2. The minimum absolute atomic E-state index is 0.367. The van der Waals surface area contributed by atoms with Crippen molar-refractivity contribution in [3.8, 4) is 0 Å². The predicted octanol–water partition coefficient (Wildman–Crippen LogP) is 5.81. The van der Waals surface area contributed by atoms with Gasteiger partial charge in [-0.3, -0.25) is 0 Å². The first-order chi connectivity index (χ1) is 14.7. The first kappa shape index (κ1) is 18.8. The number of nitrogens with zero attached hydrogens (tertiary/aromatic N) is 2. The summed E-state index contributed by atoms with van der Waals surface area (Å²) >= 11 is 12.4. The number of rotatable bonds is 4. The van der Waals surface area contributed by atoms with Crippen LogP contribution in [0.3, 0.4) is 0 Å². The Bertz CT molecular complexity index is 1060. The van der Waals surface area contributed by atoms with E-state index in [0.29, 0.717) is 33.0 Å². The van der Waals surface area contributed by atoms with Crippen LogP contribution in [-0.2, 0) is 19.1 Å². The van der Waals surface area contributed by atoms with Crippen LogP contribution in [0.15, 0.2) is 83.1 Å². The lowest BCUT2D eigenvalue weighted by Crippen LogP contribution is -2.08. The van der Waals surface area contributed by atoms with Gasteiger partial charge in [-0.15, -0.1) is 0 Å². The van der Waals surface area contributed by atoms with Gasteiger partial charge in [-0.1, -0.05) is 47.5 Å². The van der Waals surface area contributed by atoms with Gasteiger partial charge < -0.3 is 19.1 Å². The van der Waals surface area contributed by atoms with E-state index >= 15 is 0 Å². The molecule has 5 rings (SSSR count). The summed E-state index contributed by atoms with van der Waals surface area (Å²) in [7, 11) is 0. The van der Waals surface area contributed by atoms with E-state index < -0.39 is 12.6 Å². The molecule has 0 radical (unpaired) electrons. The van der Waals surface area contributed by atoms with Crippen LogP contribution < -0.4 is 0 Å². The van der Waals surface area contributed by atoms with E-state index in [1.807, 2.05) is 60.7 Å². The number of hydrogen-bond donors (Lipinski definition) is 0. The molecular formula is C22H14Cl2N2O4. The number of ether oxygens (including phenoxy) is 2. The highest BCUT2D eigenvalue weighted by Crippen LogP contribution is 2.33. The normalized spacial score (nSPS) is 19.8. The molecule has 0 aromatic heterocycles. The van der Waals surface area contributed by atoms with Crippen LogP contribution in [0.4, 0.5) is 0 Å². The predicted molar refractivity (Wildman–Crippen MR) is 112 cm³/mol. The Morgan fingerprint density at radius 1 is 0.567 bits per heavy atom. The van der Waals surface area contributed by atoms with Gasteiger partial charge in [0.2, 0.25) is 0 Å². The van der Waals surface area contributed by atoms with Gasteiger partial charge in [0.25, 0.3) is 24.4 Å².